The van der Waals surface area contributed by atoms with Crippen LogP contribution in [0.5, 0.6) is 0 Å². The largest absolute Gasteiger partial charge is 0.456 e. The molecular weight excluding hydrogens is 364 g/mol. The average Bonchev–Trinajstić information content (AvgIpc) is 3.14. The minimum atomic E-state index is -0.322. The Bertz CT molecular complexity index is 1220. The zero-order valence-corrected chi connectivity index (χ0v) is 15.8. The van der Waals surface area contributed by atoms with E-state index >= 15 is 0 Å². The van der Waals surface area contributed by atoms with Crippen LogP contribution in [0.2, 0.25) is 0 Å². The molecule has 1 aliphatic heterocycles. The van der Waals surface area contributed by atoms with Crippen LogP contribution in [0.15, 0.2) is 67.1 Å². The Morgan fingerprint density at radius 2 is 1.86 bits per heavy atom. The molecule has 29 heavy (non-hydrogen) atoms. The molecule has 0 fully saturated rings. The Kier molecular flexibility index (Phi) is 4.17. The van der Waals surface area contributed by atoms with E-state index in [0.717, 1.165) is 27.8 Å². The van der Waals surface area contributed by atoms with Crippen molar-refractivity contribution in [2.45, 2.75) is 19.6 Å². The van der Waals surface area contributed by atoms with E-state index in [1.807, 2.05) is 42.5 Å². The van der Waals surface area contributed by atoms with Gasteiger partial charge in [-0.15, -0.1) is 0 Å². The number of nitrogens with one attached hydrogen (secondary N) is 1. The maximum atomic E-state index is 11.9. The molecule has 0 saturated carbocycles. The van der Waals surface area contributed by atoms with Gasteiger partial charge in [0.1, 0.15) is 18.8 Å². The molecule has 0 bridgehead atoms. The SMILES string of the molecule is CC(Nc1ncnc2ccc(-c3cnc4c(c3)C(=O)OC4)cc12)c1ccccc1. The van der Waals surface area contributed by atoms with Gasteiger partial charge in [-0.1, -0.05) is 36.4 Å². The monoisotopic (exact) mass is 382 g/mol. The van der Waals surface area contributed by atoms with Gasteiger partial charge in [0.2, 0.25) is 0 Å². The quantitative estimate of drug-likeness (QED) is 0.522. The van der Waals surface area contributed by atoms with Gasteiger partial charge in [-0.05, 0) is 36.2 Å². The predicted octanol–water partition coefficient (Wildman–Crippen LogP) is 4.54. The van der Waals surface area contributed by atoms with E-state index in [0.29, 0.717) is 11.3 Å². The Hall–Kier alpha value is -3.80. The summed E-state index contributed by atoms with van der Waals surface area (Å²) in [5, 5.41) is 4.40. The number of cyclic esters (lactones) is 1. The summed E-state index contributed by atoms with van der Waals surface area (Å²) in [6.45, 7) is 2.34. The second-order valence-electron chi connectivity index (χ2n) is 7.03. The number of hydrogen-bond acceptors (Lipinski definition) is 6. The molecule has 1 N–H and O–H groups in total. The highest BCUT2D eigenvalue weighted by atomic mass is 16.5. The van der Waals surface area contributed by atoms with Gasteiger partial charge in [0.25, 0.3) is 0 Å². The molecule has 1 unspecified atom stereocenters. The van der Waals surface area contributed by atoms with Crippen LogP contribution in [0.3, 0.4) is 0 Å². The molecule has 4 aromatic rings. The Morgan fingerprint density at radius 1 is 1.00 bits per heavy atom. The number of anilines is 1. The van der Waals surface area contributed by atoms with Gasteiger partial charge in [-0.25, -0.2) is 14.8 Å². The van der Waals surface area contributed by atoms with Gasteiger partial charge >= 0.3 is 5.97 Å². The number of esters is 1. The van der Waals surface area contributed by atoms with E-state index in [9.17, 15) is 4.79 Å². The van der Waals surface area contributed by atoms with Crippen LogP contribution >= 0.6 is 0 Å². The third-order valence-corrected chi connectivity index (χ3v) is 5.15. The van der Waals surface area contributed by atoms with Crippen molar-refractivity contribution in [2.75, 3.05) is 5.32 Å². The van der Waals surface area contributed by atoms with Gasteiger partial charge in [0.05, 0.1) is 16.8 Å². The molecule has 0 spiro atoms. The molecule has 0 radical (unpaired) electrons. The summed E-state index contributed by atoms with van der Waals surface area (Å²) >= 11 is 0. The average molecular weight is 382 g/mol. The highest BCUT2D eigenvalue weighted by molar-refractivity contribution is 5.96. The number of fused-ring (bicyclic) bond motifs is 2. The minimum absolute atomic E-state index is 0.0920. The first-order chi connectivity index (χ1) is 14.2. The third kappa shape index (κ3) is 3.18. The summed E-state index contributed by atoms with van der Waals surface area (Å²) in [7, 11) is 0. The van der Waals surface area contributed by atoms with Crippen LogP contribution in [0.25, 0.3) is 22.0 Å². The number of nitrogens with zero attached hydrogens (tertiary/aromatic N) is 3. The first kappa shape index (κ1) is 17.3. The maximum absolute atomic E-state index is 11.9. The second kappa shape index (κ2) is 6.98. The van der Waals surface area contributed by atoms with E-state index in [1.54, 1.807) is 12.5 Å². The van der Waals surface area contributed by atoms with Crippen molar-refractivity contribution in [3.05, 3.63) is 83.9 Å². The number of benzene rings is 2. The van der Waals surface area contributed by atoms with Crippen LogP contribution in [0.4, 0.5) is 5.82 Å². The van der Waals surface area contributed by atoms with Crippen LogP contribution in [0.1, 0.15) is 34.6 Å². The van der Waals surface area contributed by atoms with Crippen molar-refractivity contribution in [1.29, 1.82) is 0 Å². The van der Waals surface area contributed by atoms with Crippen LogP contribution in [-0.2, 0) is 11.3 Å². The van der Waals surface area contributed by atoms with Crippen molar-refractivity contribution in [3.8, 4) is 11.1 Å². The Labute approximate surface area is 167 Å². The lowest BCUT2D eigenvalue weighted by Crippen LogP contribution is -2.08. The van der Waals surface area contributed by atoms with Gasteiger partial charge in [0, 0.05) is 23.2 Å². The molecule has 2 aromatic carbocycles. The van der Waals surface area contributed by atoms with Crippen molar-refractivity contribution in [2.24, 2.45) is 0 Å². The number of pyridine rings is 1. The molecule has 142 valence electrons. The number of ether oxygens (including phenoxy) is 1. The number of aromatic nitrogens is 3. The molecule has 0 saturated heterocycles. The molecule has 0 aliphatic carbocycles. The topological polar surface area (TPSA) is 77.0 Å². The third-order valence-electron chi connectivity index (χ3n) is 5.15. The lowest BCUT2D eigenvalue weighted by atomic mass is 10.0. The van der Waals surface area contributed by atoms with Gasteiger partial charge in [0.15, 0.2) is 0 Å². The summed E-state index contributed by atoms with van der Waals surface area (Å²) in [5.74, 6) is 0.444. The molecule has 6 heteroatoms. The standard InChI is InChI=1S/C23H18N4O2/c1-14(15-5-3-2-4-6-15)27-22-18-9-16(7-8-20(18)25-13-26-22)17-10-19-21(24-11-17)12-29-23(19)28/h2-11,13-14H,12H2,1H3,(H,25,26,27). The molecule has 1 atom stereocenters. The molecule has 3 heterocycles. The first-order valence-electron chi connectivity index (χ1n) is 9.42. The second-order valence-corrected chi connectivity index (χ2v) is 7.03. The van der Waals surface area contributed by atoms with E-state index in [-0.39, 0.29) is 18.6 Å². The highest BCUT2D eigenvalue weighted by Crippen LogP contribution is 2.30. The van der Waals surface area contributed by atoms with E-state index in [4.69, 9.17) is 4.74 Å². The molecule has 5 rings (SSSR count). The lowest BCUT2D eigenvalue weighted by molar-refractivity contribution is 0.0533. The van der Waals surface area contributed by atoms with Gasteiger partial charge in [-0.2, -0.15) is 0 Å². The molecule has 2 aromatic heterocycles. The molecule has 0 amide bonds. The first-order valence-corrected chi connectivity index (χ1v) is 9.42. The zero-order valence-electron chi connectivity index (χ0n) is 15.8. The van der Waals surface area contributed by atoms with Crippen LogP contribution in [-0.4, -0.2) is 20.9 Å². The zero-order chi connectivity index (χ0) is 19.8. The van der Waals surface area contributed by atoms with Gasteiger partial charge in [-0.3, -0.25) is 4.98 Å². The molecule has 1 aliphatic rings. The maximum Gasteiger partial charge on any atom is 0.340 e. The number of hydrogen-bond donors (Lipinski definition) is 1. The van der Waals surface area contributed by atoms with E-state index < -0.39 is 0 Å². The van der Waals surface area contributed by atoms with E-state index in [2.05, 4.69) is 39.3 Å². The fourth-order valence-electron chi connectivity index (χ4n) is 3.54. The summed E-state index contributed by atoms with van der Waals surface area (Å²) in [5.41, 5.74) is 5.04. The molecular formula is C23H18N4O2. The summed E-state index contributed by atoms with van der Waals surface area (Å²) in [6, 6.07) is 18.1. The number of carbonyl (C=O) groups is 1. The van der Waals surface area contributed by atoms with E-state index in [1.165, 1.54) is 5.56 Å². The van der Waals surface area contributed by atoms with Crippen LogP contribution < -0.4 is 5.32 Å². The fraction of sp³-hybridized carbons (Fsp3) is 0.130. The Balaban J connectivity index is 1.54. The minimum Gasteiger partial charge on any atom is -0.456 e. The van der Waals surface area contributed by atoms with Crippen LogP contribution in [0, 0.1) is 0 Å². The van der Waals surface area contributed by atoms with Gasteiger partial charge < -0.3 is 10.1 Å². The lowest BCUT2D eigenvalue weighted by Gasteiger charge is -2.16. The van der Waals surface area contributed by atoms with Crippen molar-refractivity contribution in [1.82, 2.24) is 15.0 Å². The normalized spacial score (nSPS) is 13.8. The molecule has 6 nitrogen and oxygen atoms in total. The summed E-state index contributed by atoms with van der Waals surface area (Å²) in [6.07, 6.45) is 3.33. The number of carbonyl (C=O) groups excluding carboxylic acids is 1. The highest BCUT2D eigenvalue weighted by Gasteiger charge is 2.23. The van der Waals surface area contributed by atoms with Crippen molar-refractivity contribution >= 4 is 22.7 Å². The Morgan fingerprint density at radius 3 is 2.72 bits per heavy atom. The predicted molar refractivity (Wildman–Crippen MR) is 110 cm³/mol. The van der Waals surface area contributed by atoms with Crippen molar-refractivity contribution in [3.63, 3.8) is 0 Å². The number of rotatable bonds is 4. The van der Waals surface area contributed by atoms with Crippen molar-refractivity contribution < 1.29 is 9.53 Å². The smallest absolute Gasteiger partial charge is 0.340 e. The summed E-state index contributed by atoms with van der Waals surface area (Å²) in [4.78, 5) is 25.1. The summed E-state index contributed by atoms with van der Waals surface area (Å²) < 4.78 is 5.06. The fourth-order valence-corrected chi connectivity index (χ4v) is 3.54.